The van der Waals surface area contributed by atoms with Gasteiger partial charge in [0.25, 0.3) is 0 Å². The van der Waals surface area contributed by atoms with E-state index in [1.54, 1.807) is 17.0 Å². The molecule has 1 aliphatic rings. The van der Waals surface area contributed by atoms with Crippen LogP contribution in [0.1, 0.15) is 19.4 Å². The van der Waals surface area contributed by atoms with Crippen molar-refractivity contribution in [2.24, 2.45) is 0 Å². The van der Waals surface area contributed by atoms with Crippen molar-refractivity contribution in [1.82, 2.24) is 25.2 Å². The van der Waals surface area contributed by atoms with E-state index in [1.165, 1.54) is 6.92 Å². The first-order chi connectivity index (χ1) is 14.4. The lowest BCUT2D eigenvalue weighted by Gasteiger charge is -2.18. The van der Waals surface area contributed by atoms with E-state index in [2.05, 4.69) is 25.8 Å². The van der Waals surface area contributed by atoms with E-state index in [1.807, 2.05) is 36.4 Å². The molecule has 2 aromatic heterocycles. The van der Waals surface area contributed by atoms with E-state index in [0.29, 0.717) is 39.4 Å². The highest BCUT2D eigenvalue weighted by atomic mass is 35.5. The predicted molar refractivity (Wildman–Crippen MR) is 117 cm³/mol. The van der Waals surface area contributed by atoms with E-state index in [-0.39, 0.29) is 11.9 Å². The van der Waals surface area contributed by atoms with Gasteiger partial charge in [-0.2, -0.15) is 0 Å². The Morgan fingerprint density at radius 2 is 2.00 bits per heavy atom. The summed E-state index contributed by atoms with van der Waals surface area (Å²) >= 11 is 12.4. The van der Waals surface area contributed by atoms with Gasteiger partial charge in [0.2, 0.25) is 5.91 Å². The van der Waals surface area contributed by atoms with Gasteiger partial charge in [-0.05, 0) is 46.3 Å². The van der Waals surface area contributed by atoms with E-state index in [9.17, 15) is 4.79 Å². The number of halogens is 2. The van der Waals surface area contributed by atoms with Crippen LogP contribution in [0.2, 0.25) is 0 Å². The molecular weight excluding hydrogens is 425 g/mol. The van der Waals surface area contributed by atoms with Gasteiger partial charge >= 0.3 is 0 Å². The number of nitrogen functional groups attached to an aromatic ring is 1. The predicted octanol–water partition coefficient (Wildman–Crippen LogP) is 4.13. The number of hydrogen-bond donors (Lipinski definition) is 2. The van der Waals surface area contributed by atoms with Crippen LogP contribution >= 0.6 is 23.2 Å². The molecule has 152 valence electrons. The molecule has 10 heteroatoms. The Kier molecular flexibility index (Phi) is 5.52. The largest absolute Gasteiger partial charge is 0.383 e. The number of aromatic nitrogens is 5. The van der Waals surface area contributed by atoms with Crippen LogP contribution in [0.3, 0.4) is 0 Å². The second kappa shape index (κ2) is 8.25. The number of nitrogens with zero attached hydrogens (tertiary/aromatic N) is 5. The van der Waals surface area contributed by atoms with Crippen LogP contribution in [-0.4, -0.2) is 31.1 Å². The number of nitrogens with two attached hydrogens (primary N) is 1. The summed E-state index contributed by atoms with van der Waals surface area (Å²) in [6.07, 6.45) is 5.73. The fourth-order valence-corrected chi connectivity index (χ4v) is 3.82. The molecule has 0 bridgehead atoms. The molecule has 0 radical (unpaired) electrons. The molecule has 0 saturated carbocycles. The number of hydrogen-bond acceptors (Lipinski definition) is 6. The minimum Gasteiger partial charge on any atom is -0.383 e. The normalized spacial score (nSPS) is 16.0. The van der Waals surface area contributed by atoms with Crippen LogP contribution in [-0.2, 0) is 4.79 Å². The number of rotatable bonds is 4. The summed E-state index contributed by atoms with van der Waals surface area (Å²) in [5, 5.41) is 16.0. The summed E-state index contributed by atoms with van der Waals surface area (Å²) in [7, 11) is 0. The first-order valence-electron chi connectivity index (χ1n) is 9.06. The van der Waals surface area contributed by atoms with Gasteiger partial charge in [-0.25, -0.2) is 9.67 Å². The zero-order valence-corrected chi connectivity index (χ0v) is 17.4. The Balaban J connectivity index is 1.70. The van der Waals surface area contributed by atoms with Crippen molar-refractivity contribution >= 4 is 40.6 Å². The van der Waals surface area contributed by atoms with Gasteiger partial charge in [0.05, 0.1) is 11.6 Å². The Bertz CT molecular complexity index is 1170. The zero-order valence-electron chi connectivity index (χ0n) is 15.9. The van der Waals surface area contributed by atoms with Crippen molar-refractivity contribution in [1.29, 1.82) is 0 Å². The number of pyridine rings is 1. The van der Waals surface area contributed by atoms with Crippen molar-refractivity contribution in [3.63, 3.8) is 0 Å². The molecule has 3 N–H and O–H groups in total. The van der Waals surface area contributed by atoms with E-state index < -0.39 is 0 Å². The number of amides is 1. The minimum absolute atomic E-state index is 0.127. The molecule has 1 amide bonds. The molecule has 0 saturated heterocycles. The average molecular weight is 442 g/mol. The van der Waals surface area contributed by atoms with Crippen LogP contribution in [0.5, 0.6) is 0 Å². The lowest BCUT2D eigenvalue weighted by molar-refractivity contribution is -0.114. The van der Waals surface area contributed by atoms with Gasteiger partial charge in [0, 0.05) is 40.9 Å². The summed E-state index contributed by atoms with van der Waals surface area (Å²) in [6.45, 7) is 1.46. The second-order valence-corrected chi connectivity index (χ2v) is 7.70. The van der Waals surface area contributed by atoms with Crippen molar-refractivity contribution in [2.45, 2.75) is 19.4 Å². The summed E-state index contributed by atoms with van der Waals surface area (Å²) in [4.78, 5) is 15.5. The molecule has 8 nitrogen and oxygen atoms in total. The number of carbonyl (C=O) groups excluding carboxylic acids is 1. The molecule has 2 heterocycles. The van der Waals surface area contributed by atoms with Crippen LogP contribution in [0.25, 0.3) is 22.5 Å². The number of anilines is 2. The summed E-state index contributed by atoms with van der Waals surface area (Å²) in [6, 6.07) is 9.06. The van der Waals surface area contributed by atoms with Gasteiger partial charge in [0.1, 0.15) is 5.82 Å². The van der Waals surface area contributed by atoms with E-state index >= 15 is 0 Å². The fourth-order valence-electron chi connectivity index (χ4n) is 3.21. The van der Waals surface area contributed by atoms with Crippen molar-refractivity contribution in [3.8, 4) is 22.5 Å². The Morgan fingerprint density at radius 3 is 2.70 bits per heavy atom. The number of tetrazole rings is 1. The van der Waals surface area contributed by atoms with Crippen molar-refractivity contribution < 1.29 is 4.79 Å². The highest BCUT2D eigenvalue weighted by Gasteiger charge is 2.22. The summed E-state index contributed by atoms with van der Waals surface area (Å²) < 4.78 is 1.63. The first kappa shape index (κ1) is 20.1. The highest BCUT2D eigenvalue weighted by molar-refractivity contribution is 6.35. The lowest BCUT2D eigenvalue weighted by atomic mass is 10.0. The molecule has 1 atom stereocenters. The molecular formula is C20H17Cl2N7O. The fraction of sp³-hybridized carbons (Fsp3) is 0.150. The number of allylic oxidation sites excluding steroid dienone is 4. The monoisotopic (exact) mass is 441 g/mol. The molecule has 1 aliphatic carbocycles. The zero-order chi connectivity index (χ0) is 21.3. The quantitative estimate of drug-likeness (QED) is 0.629. The van der Waals surface area contributed by atoms with Gasteiger partial charge < -0.3 is 11.1 Å². The van der Waals surface area contributed by atoms with Crippen molar-refractivity contribution in [3.05, 3.63) is 58.7 Å². The molecule has 30 heavy (non-hydrogen) atoms. The summed E-state index contributed by atoms with van der Waals surface area (Å²) in [5.41, 5.74) is 9.19. The Labute approximate surface area is 182 Å². The molecule has 3 aromatic rings. The molecule has 4 rings (SSSR count). The third-order valence-electron chi connectivity index (χ3n) is 4.56. The van der Waals surface area contributed by atoms with Gasteiger partial charge in [-0.15, -0.1) is 5.10 Å². The maximum absolute atomic E-state index is 11.2. The standard InChI is InChI=1S/C20H17Cl2N7O/c1-11(30)25-16-4-2-12(3-5-16)13-6-18(19(23)24-10-13)20-26-27-28-29(20)17-8-14(21)7-15(22)9-17/h2-8,10,17H,9H2,1H3,(H2,23,24)(H,25,30). The molecule has 0 aliphatic heterocycles. The third kappa shape index (κ3) is 4.19. The highest BCUT2D eigenvalue weighted by Crippen LogP contribution is 2.34. The Morgan fingerprint density at radius 1 is 1.23 bits per heavy atom. The van der Waals surface area contributed by atoms with Crippen LogP contribution in [0.4, 0.5) is 11.5 Å². The van der Waals surface area contributed by atoms with Crippen molar-refractivity contribution in [2.75, 3.05) is 11.1 Å². The smallest absolute Gasteiger partial charge is 0.221 e. The average Bonchev–Trinajstić information content (AvgIpc) is 3.17. The number of carbonyl (C=O) groups is 1. The topological polar surface area (TPSA) is 112 Å². The SMILES string of the molecule is CC(=O)Nc1ccc(-c2cnc(N)c(-c3nnnn3C3C=C(Cl)C=C(Cl)C3)c2)cc1. The molecule has 1 aromatic carbocycles. The van der Waals surface area contributed by atoms with Gasteiger partial charge in [-0.3, -0.25) is 4.79 Å². The van der Waals surface area contributed by atoms with Gasteiger partial charge in [0.15, 0.2) is 5.82 Å². The summed E-state index contributed by atoms with van der Waals surface area (Å²) in [5.74, 6) is 0.642. The van der Waals surface area contributed by atoms with Crippen LogP contribution in [0, 0.1) is 0 Å². The maximum atomic E-state index is 11.2. The molecule has 0 spiro atoms. The first-order valence-corrected chi connectivity index (χ1v) is 9.81. The van der Waals surface area contributed by atoms with Crippen LogP contribution < -0.4 is 11.1 Å². The van der Waals surface area contributed by atoms with E-state index in [0.717, 1.165) is 11.1 Å². The third-order valence-corrected chi connectivity index (χ3v) is 5.05. The number of benzene rings is 1. The maximum Gasteiger partial charge on any atom is 0.221 e. The second-order valence-electron chi connectivity index (χ2n) is 6.78. The van der Waals surface area contributed by atoms with E-state index in [4.69, 9.17) is 28.9 Å². The lowest BCUT2D eigenvalue weighted by Crippen LogP contribution is -2.13. The van der Waals surface area contributed by atoms with Gasteiger partial charge in [-0.1, -0.05) is 35.3 Å². The van der Waals surface area contributed by atoms with Crippen LogP contribution in [0.15, 0.2) is 58.7 Å². The number of nitrogens with one attached hydrogen (secondary N) is 1. The Hall–Kier alpha value is -3.23. The molecule has 0 fully saturated rings. The molecule has 1 unspecified atom stereocenters. The minimum atomic E-state index is -0.236.